The van der Waals surface area contributed by atoms with Crippen molar-refractivity contribution < 1.29 is 4.79 Å². The molecule has 3 rings (SSSR count). The Balaban J connectivity index is 2.20. The zero-order chi connectivity index (χ0) is 12.7. The van der Waals surface area contributed by atoms with Gasteiger partial charge in [0.05, 0.1) is 0 Å². The molecule has 2 heterocycles. The van der Waals surface area contributed by atoms with E-state index >= 15 is 0 Å². The van der Waals surface area contributed by atoms with Crippen molar-refractivity contribution in [1.82, 2.24) is 9.88 Å². The molecule has 0 aliphatic carbocycles. The van der Waals surface area contributed by atoms with E-state index in [2.05, 4.69) is 22.9 Å². The van der Waals surface area contributed by atoms with E-state index in [0.29, 0.717) is 0 Å². The van der Waals surface area contributed by atoms with Crippen LogP contribution >= 0.6 is 0 Å². The molecule has 1 aromatic heterocycles. The summed E-state index contributed by atoms with van der Waals surface area (Å²) in [7, 11) is 0. The van der Waals surface area contributed by atoms with Gasteiger partial charge in [-0.15, -0.1) is 0 Å². The predicted molar refractivity (Wildman–Crippen MR) is 70.0 cm³/mol. The van der Waals surface area contributed by atoms with Crippen LogP contribution in [-0.4, -0.2) is 28.9 Å². The first-order chi connectivity index (χ1) is 8.72. The average Bonchev–Trinajstić information content (AvgIpc) is 2.75. The number of rotatable bonds is 2. The normalized spacial score (nSPS) is 19.9. The molecule has 93 valence electrons. The van der Waals surface area contributed by atoms with Gasteiger partial charge >= 0.3 is 0 Å². The first-order valence-corrected chi connectivity index (χ1v) is 6.26. The number of hydrogen-bond donors (Lipinski definition) is 2. The van der Waals surface area contributed by atoms with E-state index in [-0.39, 0.29) is 11.9 Å². The molecule has 2 aromatic rings. The van der Waals surface area contributed by atoms with Crippen molar-refractivity contribution in [2.24, 2.45) is 5.73 Å². The molecule has 0 saturated carbocycles. The van der Waals surface area contributed by atoms with E-state index in [1.165, 1.54) is 5.56 Å². The second-order valence-corrected chi connectivity index (χ2v) is 4.67. The van der Waals surface area contributed by atoms with Crippen LogP contribution in [0.2, 0.25) is 0 Å². The van der Waals surface area contributed by atoms with Gasteiger partial charge in [-0.2, -0.15) is 0 Å². The van der Waals surface area contributed by atoms with Crippen LogP contribution < -0.4 is 5.73 Å². The summed E-state index contributed by atoms with van der Waals surface area (Å²) in [5, 5.41) is 1.16. The zero-order valence-electron chi connectivity index (χ0n) is 10.4. The molecule has 1 aliphatic heterocycles. The lowest BCUT2D eigenvalue weighted by Crippen LogP contribution is -2.42. The van der Waals surface area contributed by atoms with Gasteiger partial charge in [0.1, 0.15) is 6.04 Å². The van der Waals surface area contributed by atoms with E-state index in [9.17, 15) is 4.79 Å². The molecule has 1 radical (unpaired) electrons. The Labute approximate surface area is 106 Å². The van der Waals surface area contributed by atoms with E-state index < -0.39 is 0 Å². The van der Waals surface area contributed by atoms with Crippen molar-refractivity contribution in [3.63, 3.8) is 0 Å². The van der Waals surface area contributed by atoms with Crippen LogP contribution in [-0.2, 0) is 11.2 Å². The Morgan fingerprint density at radius 1 is 1.67 bits per heavy atom. The highest BCUT2D eigenvalue weighted by Crippen LogP contribution is 2.33. The summed E-state index contributed by atoms with van der Waals surface area (Å²) in [6.45, 7) is 3.75. The number of carbonyl (C=O) groups is 1. The molecule has 1 unspecified atom stereocenters. The third-order valence-corrected chi connectivity index (χ3v) is 3.75. The number of carbonyl (C=O) groups excluding carboxylic acids is 1. The molecular formula is C14H16N3O. The third kappa shape index (κ3) is 1.53. The lowest BCUT2D eigenvalue weighted by atomic mass is 9.97. The van der Waals surface area contributed by atoms with E-state index in [0.717, 1.165) is 36.1 Å². The number of nitrogens with zero attached hydrogens (tertiary/aromatic N) is 1. The van der Waals surface area contributed by atoms with Gasteiger partial charge in [0, 0.05) is 23.1 Å². The molecule has 3 N–H and O–H groups in total. The van der Waals surface area contributed by atoms with Crippen molar-refractivity contribution in [3.05, 3.63) is 35.5 Å². The van der Waals surface area contributed by atoms with E-state index in [1.807, 2.05) is 18.2 Å². The lowest BCUT2D eigenvalue weighted by Gasteiger charge is -2.32. The first kappa shape index (κ1) is 11.3. The minimum Gasteiger partial charge on any atom is -0.368 e. The van der Waals surface area contributed by atoms with E-state index in [4.69, 9.17) is 5.73 Å². The van der Waals surface area contributed by atoms with Crippen molar-refractivity contribution in [3.8, 4) is 0 Å². The van der Waals surface area contributed by atoms with Crippen molar-refractivity contribution in [2.75, 3.05) is 13.1 Å². The summed E-state index contributed by atoms with van der Waals surface area (Å²) < 4.78 is 0. The monoisotopic (exact) mass is 242 g/mol. The van der Waals surface area contributed by atoms with Gasteiger partial charge in [-0.25, -0.2) is 0 Å². The number of nitrogens with two attached hydrogens (primary N) is 1. The highest BCUT2D eigenvalue weighted by atomic mass is 16.1. The third-order valence-electron chi connectivity index (χ3n) is 3.75. The molecule has 0 bridgehead atoms. The second-order valence-electron chi connectivity index (χ2n) is 4.67. The molecule has 4 heteroatoms. The Kier molecular flexibility index (Phi) is 2.59. The Hall–Kier alpha value is -1.81. The molecule has 4 nitrogen and oxygen atoms in total. The largest absolute Gasteiger partial charge is 0.368 e. The number of likely N-dealkylation sites (N-methyl/N-ethyl adjacent to an activating group) is 1. The second kappa shape index (κ2) is 4.14. The predicted octanol–water partition coefficient (Wildman–Crippen LogP) is 1.37. The number of H-pyrrole nitrogens is 1. The summed E-state index contributed by atoms with van der Waals surface area (Å²) in [6.07, 6.45) is 0.949. The Morgan fingerprint density at radius 2 is 2.50 bits per heavy atom. The van der Waals surface area contributed by atoms with Crippen molar-refractivity contribution in [1.29, 1.82) is 0 Å². The summed E-state index contributed by atoms with van der Waals surface area (Å²) in [6, 6.07) is 8.60. The van der Waals surface area contributed by atoms with Crippen LogP contribution in [0.1, 0.15) is 24.2 Å². The average molecular weight is 242 g/mol. The van der Waals surface area contributed by atoms with Crippen LogP contribution in [0.25, 0.3) is 10.9 Å². The van der Waals surface area contributed by atoms with E-state index in [1.54, 1.807) is 0 Å². The van der Waals surface area contributed by atoms with Gasteiger partial charge in [0.15, 0.2) is 0 Å². The van der Waals surface area contributed by atoms with Gasteiger partial charge in [0.2, 0.25) is 5.91 Å². The number of benzene rings is 1. The van der Waals surface area contributed by atoms with Crippen LogP contribution in [0, 0.1) is 6.07 Å². The minimum atomic E-state index is -0.328. The molecule has 1 aromatic carbocycles. The molecule has 0 fully saturated rings. The smallest absolute Gasteiger partial charge is 0.240 e. The fraction of sp³-hybridized carbons (Fsp3) is 0.357. The highest BCUT2D eigenvalue weighted by Gasteiger charge is 2.33. The first-order valence-electron chi connectivity index (χ1n) is 6.26. The van der Waals surface area contributed by atoms with Crippen molar-refractivity contribution >= 4 is 16.8 Å². The summed E-state index contributed by atoms with van der Waals surface area (Å²) >= 11 is 0. The number of primary amides is 1. The maximum atomic E-state index is 11.7. The quantitative estimate of drug-likeness (QED) is 0.835. The number of amides is 1. The van der Waals surface area contributed by atoms with Crippen LogP contribution in [0.5, 0.6) is 0 Å². The fourth-order valence-electron chi connectivity index (χ4n) is 2.89. The number of aromatic nitrogens is 1. The Bertz CT molecular complexity index is 602. The molecule has 0 spiro atoms. The summed E-state index contributed by atoms with van der Waals surface area (Å²) in [5.41, 5.74) is 8.80. The SMILES string of the molecule is CCN1CCc2c([nH]c3cc[c]cc23)C1C(N)=O. The maximum absolute atomic E-state index is 11.7. The molecular weight excluding hydrogens is 226 g/mol. The summed E-state index contributed by atoms with van der Waals surface area (Å²) in [4.78, 5) is 17.2. The molecule has 0 saturated heterocycles. The zero-order valence-corrected chi connectivity index (χ0v) is 10.4. The van der Waals surface area contributed by atoms with Gasteiger partial charge in [0.25, 0.3) is 0 Å². The van der Waals surface area contributed by atoms with Crippen LogP contribution in [0.4, 0.5) is 0 Å². The number of aromatic amines is 1. The highest BCUT2D eigenvalue weighted by molar-refractivity contribution is 5.89. The number of fused-ring (bicyclic) bond motifs is 3. The number of nitrogens with one attached hydrogen (secondary N) is 1. The topological polar surface area (TPSA) is 62.1 Å². The minimum absolute atomic E-state index is 0.284. The maximum Gasteiger partial charge on any atom is 0.240 e. The summed E-state index contributed by atoms with van der Waals surface area (Å²) in [5.74, 6) is -0.284. The lowest BCUT2D eigenvalue weighted by molar-refractivity contribution is -0.123. The molecule has 1 amide bonds. The van der Waals surface area contributed by atoms with Gasteiger partial charge < -0.3 is 10.7 Å². The Morgan fingerprint density at radius 3 is 3.22 bits per heavy atom. The molecule has 1 aliphatic rings. The van der Waals surface area contributed by atoms with Crippen LogP contribution in [0.15, 0.2) is 18.2 Å². The van der Waals surface area contributed by atoms with Crippen molar-refractivity contribution in [2.45, 2.75) is 19.4 Å². The standard InChI is InChI=1S/C14H16N3O/c1-2-17-8-7-10-9-5-3-4-6-11(9)16-12(10)13(17)14(15)18/h4-6,13,16H,2,7-8H2,1H3,(H2,15,18). The number of hydrogen-bond acceptors (Lipinski definition) is 2. The molecule has 18 heavy (non-hydrogen) atoms. The van der Waals surface area contributed by atoms with Crippen LogP contribution in [0.3, 0.4) is 0 Å². The fourth-order valence-corrected chi connectivity index (χ4v) is 2.89. The van der Waals surface area contributed by atoms with Gasteiger partial charge in [-0.05, 0) is 36.7 Å². The van der Waals surface area contributed by atoms with Gasteiger partial charge in [-0.1, -0.05) is 13.0 Å². The molecule has 1 atom stereocenters. The van der Waals surface area contributed by atoms with Gasteiger partial charge in [-0.3, -0.25) is 9.69 Å².